The summed E-state index contributed by atoms with van der Waals surface area (Å²) in [5.74, 6) is 3.90. The van der Waals surface area contributed by atoms with Gasteiger partial charge in [0.2, 0.25) is 0 Å². The van der Waals surface area contributed by atoms with Gasteiger partial charge in [0.1, 0.15) is 6.61 Å². The molecule has 1 unspecified atom stereocenters. The van der Waals surface area contributed by atoms with Crippen molar-refractivity contribution in [3.05, 3.63) is 47.0 Å². The highest BCUT2D eigenvalue weighted by Crippen LogP contribution is 2.65. The SMILES string of the molecule is CO[C@@H]1CC[C@@]2(C)[C@H](CCC3[C@@H]4CC[C@@]5(CC(C)=C4C[C@@H]32)O[C@@H]2C[C@H](C)CN(C(=O)OCc3ccccc3)[C@H]2[C@H]5C)C1. The second-order valence-electron chi connectivity index (χ2n) is 15.5. The van der Waals surface area contributed by atoms with E-state index in [0.717, 1.165) is 55.0 Å². The molecular formula is C37H53NO4. The van der Waals surface area contributed by atoms with Crippen molar-refractivity contribution in [3.63, 3.8) is 0 Å². The lowest BCUT2D eigenvalue weighted by Gasteiger charge is -2.54. The second kappa shape index (κ2) is 10.9. The molecule has 1 aromatic carbocycles. The van der Waals surface area contributed by atoms with E-state index in [9.17, 15) is 4.79 Å². The van der Waals surface area contributed by atoms with Crippen LogP contribution < -0.4 is 0 Å². The molecule has 7 rings (SSSR count). The number of piperidine rings is 1. The van der Waals surface area contributed by atoms with Gasteiger partial charge in [-0.05, 0) is 112 Å². The number of nitrogens with zero attached hydrogens (tertiary/aromatic N) is 1. The van der Waals surface area contributed by atoms with Crippen LogP contribution in [0, 0.1) is 40.9 Å². The Morgan fingerprint density at radius 2 is 1.88 bits per heavy atom. The van der Waals surface area contributed by atoms with E-state index < -0.39 is 0 Å². The van der Waals surface area contributed by atoms with Crippen molar-refractivity contribution in [2.45, 2.75) is 122 Å². The fourth-order valence-electron chi connectivity index (χ4n) is 11.2. The number of fused-ring (bicyclic) bond motifs is 6. The summed E-state index contributed by atoms with van der Waals surface area (Å²) in [4.78, 5) is 15.6. The van der Waals surface area contributed by atoms with Gasteiger partial charge in [0.15, 0.2) is 0 Å². The van der Waals surface area contributed by atoms with Crippen LogP contribution in [0.2, 0.25) is 0 Å². The third-order valence-electron chi connectivity index (χ3n) is 13.5. The number of methoxy groups -OCH3 is 1. The molecule has 2 saturated heterocycles. The Balaban J connectivity index is 1.10. The highest BCUT2D eigenvalue weighted by atomic mass is 16.6. The average molecular weight is 576 g/mol. The van der Waals surface area contributed by atoms with E-state index in [4.69, 9.17) is 14.2 Å². The largest absolute Gasteiger partial charge is 0.445 e. The number of amides is 1. The van der Waals surface area contributed by atoms with Crippen molar-refractivity contribution in [1.29, 1.82) is 0 Å². The van der Waals surface area contributed by atoms with Gasteiger partial charge in [-0.3, -0.25) is 0 Å². The fourth-order valence-corrected chi connectivity index (χ4v) is 11.2. The Morgan fingerprint density at radius 1 is 1.07 bits per heavy atom. The van der Waals surface area contributed by atoms with Crippen LogP contribution in [-0.2, 0) is 20.8 Å². The third kappa shape index (κ3) is 4.67. The first-order valence-corrected chi connectivity index (χ1v) is 17.1. The van der Waals surface area contributed by atoms with Crippen LogP contribution in [0.15, 0.2) is 41.5 Å². The van der Waals surface area contributed by atoms with Crippen molar-refractivity contribution < 1.29 is 19.0 Å². The lowest BCUT2D eigenvalue weighted by atomic mass is 9.52. The van der Waals surface area contributed by atoms with E-state index in [1.807, 2.05) is 42.3 Å². The Labute approximate surface area is 253 Å². The first-order chi connectivity index (χ1) is 20.2. The van der Waals surface area contributed by atoms with E-state index in [-0.39, 0.29) is 23.8 Å². The van der Waals surface area contributed by atoms with E-state index in [1.54, 1.807) is 11.1 Å². The van der Waals surface area contributed by atoms with Gasteiger partial charge >= 0.3 is 6.09 Å². The van der Waals surface area contributed by atoms with E-state index in [2.05, 4.69) is 27.7 Å². The number of allylic oxidation sites excluding steroid dienone is 1. The molecule has 11 atom stereocenters. The third-order valence-corrected chi connectivity index (χ3v) is 13.5. The van der Waals surface area contributed by atoms with Gasteiger partial charge in [-0.2, -0.15) is 0 Å². The van der Waals surface area contributed by atoms with Crippen molar-refractivity contribution in [2.24, 2.45) is 40.9 Å². The molecule has 0 N–H and O–H groups in total. The summed E-state index contributed by atoms with van der Waals surface area (Å²) < 4.78 is 18.9. The summed E-state index contributed by atoms with van der Waals surface area (Å²) in [7, 11) is 1.91. The van der Waals surface area contributed by atoms with Crippen LogP contribution in [0.25, 0.3) is 0 Å². The molecule has 5 fully saturated rings. The van der Waals surface area contributed by atoms with E-state index >= 15 is 0 Å². The smallest absolute Gasteiger partial charge is 0.410 e. The number of ether oxygens (including phenoxy) is 3. The molecule has 0 radical (unpaired) electrons. The number of carbonyl (C=O) groups excluding carboxylic acids is 1. The summed E-state index contributed by atoms with van der Waals surface area (Å²) in [5.41, 5.74) is 4.72. The highest BCUT2D eigenvalue weighted by molar-refractivity contribution is 5.68. The van der Waals surface area contributed by atoms with Crippen LogP contribution in [0.1, 0.15) is 97.5 Å². The lowest BCUT2D eigenvalue weighted by molar-refractivity contribution is -0.0863. The van der Waals surface area contributed by atoms with Gasteiger partial charge in [-0.15, -0.1) is 0 Å². The Hall–Kier alpha value is -1.85. The maximum absolute atomic E-state index is 13.5. The molecule has 1 spiro atoms. The normalized spacial score (nSPS) is 44.7. The zero-order chi connectivity index (χ0) is 29.2. The molecule has 1 aromatic rings. The molecule has 2 aliphatic heterocycles. The molecule has 4 aliphatic carbocycles. The quantitative estimate of drug-likeness (QED) is 0.341. The van der Waals surface area contributed by atoms with Gasteiger partial charge in [0.25, 0.3) is 0 Å². The number of benzene rings is 1. The molecule has 6 aliphatic rings. The Kier molecular flexibility index (Phi) is 7.53. The topological polar surface area (TPSA) is 48.0 Å². The van der Waals surface area contributed by atoms with Crippen LogP contribution in [0.5, 0.6) is 0 Å². The van der Waals surface area contributed by atoms with Crippen molar-refractivity contribution in [3.8, 4) is 0 Å². The van der Waals surface area contributed by atoms with E-state index in [1.165, 1.54) is 44.9 Å². The number of hydrogen-bond donors (Lipinski definition) is 0. The summed E-state index contributed by atoms with van der Waals surface area (Å²) in [6, 6.07) is 10.1. The maximum atomic E-state index is 13.5. The van der Waals surface area contributed by atoms with Crippen LogP contribution in [0.4, 0.5) is 4.79 Å². The van der Waals surface area contributed by atoms with Crippen molar-refractivity contribution in [2.75, 3.05) is 13.7 Å². The maximum Gasteiger partial charge on any atom is 0.410 e. The van der Waals surface area contributed by atoms with Gasteiger partial charge in [-0.25, -0.2) is 4.79 Å². The van der Waals surface area contributed by atoms with Gasteiger partial charge in [-0.1, -0.05) is 62.2 Å². The monoisotopic (exact) mass is 575 g/mol. The first-order valence-electron chi connectivity index (χ1n) is 17.1. The molecule has 1 amide bonds. The number of hydrogen-bond acceptors (Lipinski definition) is 4. The van der Waals surface area contributed by atoms with Crippen LogP contribution in [-0.4, -0.2) is 48.5 Å². The zero-order valence-electron chi connectivity index (χ0n) is 26.6. The summed E-state index contributed by atoms with van der Waals surface area (Å²) in [6.45, 7) is 10.8. The molecule has 3 saturated carbocycles. The number of carbonyl (C=O) groups is 1. The number of rotatable bonds is 3. The minimum atomic E-state index is -0.176. The molecule has 42 heavy (non-hydrogen) atoms. The van der Waals surface area contributed by atoms with E-state index in [0.29, 0.717) is 30.0 Å². The molecule has 230 valence electrons. The molecular weight excluding hydrogens is 522 g/mol. The van der Waals surface area contributed by atoms with Gasteiger partial charge in [0.05, 0.1) is 23.9 Å². The average Bonchev–Trinajstić information content (AvgIpc) is 3.45. The molecule has 2 heterocycles. The summed E-state index contributed by atoms with van der Waals surface area (Å²) >= 11 is 0. The lowest BCUT2D eigenvalue weighted by Crippen LogP contribution is -2.54. The standard InChI is InChI=1S/C37H53NO4/c1-23-17-33-34(38(21-23)35(39)41-22-26-9-7-6-8-10-26)25(3)37(42-33)16-14-29-30-12-11-27-18-28(40-5)13-15-36(27,4)32(30)19-31(29)24(2)20-37/h6-10,23,25,27-30,32-34H,11-22H2,1-5H3/t23-,25+,27+,28+,29-,30?,32-,33+,34-,36-,37-/m0/s1. The Bertz CT molecular complexity index is 1200. The predicted octanol–water partition coefficient (Wildman–Crippen LogP) is 8.18. The van der Waals surface area contributed by atoms with Gasteiger partial charge < -0.3 is 19.1 Å². The van der Waals surface area contributed by atoms with Gasteiger partial charge in [0, 0.05) is 19.6 Å². The molecule has 5 heteroatoms. The predicted molar refractivity (Wildman–Crippen MR) is 165 cm³/mol. The van der Waals surface area contributed by atoms with Crippen LogP contribution in [0.3, 0.4) is 0 Å². The highest BCUT2D eigenvalue weighted by Gasteiger charge is 2.61. The second-order valence-corrected chi connectivity index (χ2v) is 15.5. The zero-order valence-corrected chi connectivity index (χ0v) is 26.6. The molecule has 0 bridgehead atoms. The Morgan fingerprint density at radius 3 is 2.67 bits per heavy atom. The fraction of sp³-hybridized carbons (Fsp3) is 0.757. The minimum absolute atomic E-state index is 0.0956. The molecule has 5 nitrogen and oxygen atoms in total. The van der Waals surface area contributed by atoms with Crippen LogP contribution >= 0.6 is 0 Å². The van der Waals surface area contributed by atoms with Crippen molar-refractivity contribution in [1.82, 2.24) is 4.90 Å². The number of likely N-dealkylation sites (tertiary alicyclic amines) is 1. The first kappa shape index (κ1) is 28.9. The van der Waals surface area contributed by atoms with Crippen molar-refractivity contribution >= 4 is 6.09 Å². The summed E-state index contributed by atoms with van der Waals surface area (Å²) in [6.07, 6.45) is 12.7. The minimum Gasteiger partial charge on any atom is -0.445 e. The molecule has 0 aromatic heterocycles. The summed E-state index contributed by atoms with van der Waals surface area (Å²) in [5, 5.41) is 0.